The molecule has 24 heavy (non-hydrogen) atoms. The number of hydrogen-bond acceptors (Lipinski definition) is 7. The quantitative estimate of drug-likeness (QED) is 0.325. The number of aliphatic hydroxyl groups is 2. The van der Waals surface area contributed by atoms with Gasteiger partial charge in [0.1, 0.15) is 22.8 Å². The van der Waals surface area contributed by atoms with Gasteiger partial charge in [-0.25, -0.2) is 4.79 Å². The summed E-state index contributed by atoms with van der Waals surface area (Å²) < 4.78 is 15.4. The first kappa shape index (κ1) is 19.5. The van der Waals surface area contributed by atoms with Crippen LogP contribution in [0.15, 0.2) is 22.7 Å². The van der Waals surface area contributed by atoms with Gasteiger partial charge in [0.05, 0.1) is 39.5 Å². The lowest BCUT2D eigenvalue weighted by atomic mass is 10.0. The largest absolute Gasteiger partial charge is 0.506 e. The Hall–Kier alpha value is -2.54. The minimum atomic E-state index is -0.716. The lowest BCUT2D eigenvalue weighted by molar-refractivity contribution is -0.137. The van der Waals surface area contributed by atoms with Crippen molar-refractivity contribution < 1.29 is 29.2 Å². The monoisotopic (exact) mass is 337 g/mol. The van der Waals surface area contributed by atoms with Crippen LogP contribution in [0.25, 0.3) is 5.76 Å². The van der Waals surface area contributed by atoms with E-state index in [9.17, 15) is 9.90 Å². The molecule has 0 radical (unpaired) electrons. The zero-order chi connectivity index (χ0) is 18.1. The highest BCUT2D eigenvalue weighted by atomic mass is 16.5. The van der Waals surface area contributed by atoms with Crippen LogP contribution in [0, 0.1) is 6.92 Å². The lowest BCUT2D eigenvalue weighted by Gasteiger charge is -2.14. The fraction of sp³-hybridized carbons (Fsp3) is 0.412. The van der Waals surface area contributed by atoms with Crippen molar-refractivity contribution >= 4 is 17.9 Å². The Morgan fingerprint density at radius 3 is 2.46 bits per heavy atom. The molecule has 0 aliphatic carbocycles. The molecule has 0 spiro atoms. The van der Waals surface area contributed by atoms with Crippen LogP contribution in [0.3, 0.4) is 0 Å². The highest BCUT2D eigenvalue weighted by Crippen LogP contribution is 2.33. The van der Waals surface area contributed by atoms with Crippen LogP contribution in [0.5, 0.6) is 11.5 Å². The van der Waals surface area contributed by atoms with Gasteiger partial charge in [0.15, 0.2) is 0 Å². The third-order valence-corrected chi connectivity index (χ3v) is 3.17. The van der Waals surface area contributed by atoms with Crippen LogP contribution in [-0.2, 0) is 9.53 Å². The predicted octanol–water partition coefficient (Wildman–Crippen LogP) is 1.91. The Morgan fingerprint density at radius 1 is 1.25 bits per heavy atom. The maximum atomic E-state index is 12.1. The standard InChI is InChI=1S/C17H23NO6/c1-5-24-17(21)13(10-18-6-7-19)16(20)12-8-11(2)14(22-3)9-15(12)23-4/h8-10,19-20H,5-7H2,1-4H3. The molecule has 7 nitrogen and oxygen atoms in total. The van der Waals surface area contributed by atoms with E-state index < -0.39 is 5.97 Å². The smallest absolute Gasteiger partial charge is 0.343 e. The van der Waals surface area contributed by atoms with E-state index in [0.29, 0.717) is 17.1 Å². The molecule has 0 bridgehead atoms. The van der Waals surface area contributed by atoms with Crippen molar-refractivity contribution in [3.8, 4) is 11.5 Å². The van der Waals surface area contributed by atoms with Crippen LogP contribution >= 0.6 is 0 Å². The van der Waals surface area contributed by atoms with Gasteiger partial charge < -0.3 is 24.4 Å². The highest BCUT2D eigenvalue weighted by molar-refractivity contribution is 6.15. The second-order valence-corrected chi connectivity index (χ2v) is 4.76. The van der Waals surface area contributed by atoms with Crippen molar-refractivity contribution in [3.63, 3.8) is 0 Å². The molecule has 2 N–H and O–H groups in total. The summed E-state index contributed by atoms with van der Waals surface area (Å²) in [5.74, 6) is -0.104. The van der Waals surface area contributed by atoms with Crippen LogP contribution in [0.2, 0.25) is 0 Å². The topological polar surface area (TPSA) is 97.6 Å². The Labute approximate surface area is 141 Å². The number of esters is 1. The van der Waals surface area contributed by atoms with Crippen molar-refractivity contribution in [2.24, 2.45) is 4.99 Å². The molecule has 0 fully saturated rings. The number of methoxy groups -OCH3 is 2. The Morgan fingerprint density at radius 2 is 1.92 bits per heavy atom. The molecule has 0 atom stereocenters. The third-order valence-electron chi connectivity index (χ3n) is 3.17. The van der Waals surface area contributed by atoms with Crippen molar-refractivity contribution in [2.75, 3.05) is 34.0 Å². The number of aliphatic imine (C=N–C) groups is 1. The molecule has 1 aromatic carbocycles. The fourth-order valence-corrected chi connectivity index (χ4v) is 2.02. The Bertz CT molecular complexity index is 636. The summed E-state index contributed by atoms with van der Waals surface area (Å²) in [6, 6.07) is 3.26. The average molecular weight is 337 g/mol. The molecule has 1 aromatic rings. The molecule has 0 saturated carbocycles. The second-order valence-electron chi connectivity index (χ2n) is 4.76. The second kappa shape index (κ2) is 9.57. The van der Waals surface area contributed by atoms with Gasteiger partial charge in [0.25, 0.3) is 0 Å². The van der Waals surface area contributed by atoms with E-state index in [1.165, 1.54) is 20.4 Å². The van der Waals surface area contributed by atoms with Gasteiger partial charge in [-0.2, -0.15) is 0 Å². The SMILES string of the molecule is CCOC(=O)C(C=NCCO)=C(O)c1cc(C)c(OC)cc1OC. The van der Waals surface area contributed by atoms with Gasteiger partial charge in [-0.1, -0.05) is 0 Å². The highest BCUT2D eigenvalue weighted by Gasteiger charge is 2.20. The molecule has 1 rings (SSSR count). The number of ether oxygens (including phenoxy) is 3. The first-order valence-electron chi connectivity index (χ1n) is 7.44. The summed E-state index contributed by atoms with van der Waals surface area (Å²) in [7, 11) is 2.98. The van der Waals surface area contributed by atoms with E-state index in [-0.39, 0.29) is 31.1 Å². The fourth-order valence-electron chi connectivity index (χ4n) is 2.02. The molecule has 0 amide bonds. The van der Waals surface area contributed by atoms with E-state index in [1.54, 1.807) is 26.0 Å². The molecule has 0 heterocycles. The molecule has 0 aliphatic heterocycles. The predicted molar refractivity (Wildman–Crippen MR) is 90.9 cm³/mol. The molecule has 0 saturated heterocycles. The summed E-state index contributed by atoms with van der Waals surface area (Å²) >= 11 is 0. The number of carbonyl (C=O) groups is 1. The minimum Gasteiger partial charge on any atom is -0.506 e. The molecule has 0 unspecified atom stereocenters. The number of benzene rings is 1. The van der Waals surface area contributed by atoms with Crippen molar-refractivity contribution in [1.82, 2.24) is 0 Å². The normalized spacial score (nSPS) is 12.0. The van der Waals surface area contributed by atoms with E-state index in [0.717, 1.165) is 5.56 Å². The third kappa shape index (κ3) is 4.73. The number of nitrogens with zero attached hydrogens (tertiary/aromatic N) is 1. The number of aryl methyl sites for hydroxylation is 1. The maximum Gasteiger partial charge on any atom is 0.343 e. The van der Waals surface area contributed by atoms with Gasteiger partial charge >= 0.3 is 5.97 Å². The van der Waals surface area contributed by atoms with Gasteiger partial charge in [0.2, 0.25) is 0 Å². The van der Waals surface area contributed by atoms with Crippen molar-refractivity contribution in [1.29, 1.82) is 0 Å². The van der Waals surface area contributed by atoms with Crippen molar-refractivity contribution in [3.05, 3.63) is 28.8 Å². The first-order valence-corrected chi connectivity index (χ1v) is 7.44. The number of carbonyl (C=O) groups excluding carboxylic acids is 1. The van der Waals surface area contributed by atoms with Crippen LogP contribution in [0.1, 0.15) is 18.1 Å². The van der Waals surface area contributed by atoms with E-state index >= 15 is 0 Å². The van der Waals surface area contributed by atoms with Crippen molar-refractivity contribution in [2.45, 2.75) is 13.8 Å². The van der Waals surface area contributed by atoms with Crippen LogP contribution < -0.4 is 9.47 Å². The van der Waals surface area contributed by atoms with E-state index in [2.05, 4.69) is 4.99 Å². The Kier molecular flexibility index (Phi) is 7.77. The van der Waals surface area contributed by atoms with Gasteiger partial charge in [-0.15, -0.1) is 0 Å². The summed E-state index contributed by atoms with van der Waals surface area (Å²) in [5, 5.41) is 19.4. The molecule has 0 aromatic heterocycles. The summed E-state index contributed by atoms with van der Waals surface area (Å²) in [6.45, 7) is 3.56. The van der Waals surface area contributed by atoms with Crippen LogP contribution in [-0.4, -0.2) is 56.4 Å². The molecule has 132 valence electrons. The zero-order valence-corrected chi connectivity index (χ0v) is 14.3. The average Bonchev–Trinajstić information content (AvgIpc) is 2.58. The minimum absolute atomic E-state index is 0.106. The Balaban J connectivity index is 3.47. The molecular weight excluding hydrogens is 314 g/mol. The summed E-state index contributed by atoms with van der Waals surface area (Å²) in [4.78, 5) is 16.0. The van der Waals surface area contributed by atoms with Crippen LogP contribution in [0.4, 0.5) is 0 Å². The molecule has 0 aliphatic rings. The number of aliphatic hydroxyl groups excluding tert-OH is 2. The van der Waals surface area contributed by atoms with Gasteiger partial charge in [-0.05, 0) is 25.5 Å². The van der Waals surface area contributed by atoms with E-state index in [4.69, 9.17) is 19.3 Å². The molecular formula is C17H23NO6. The number of rotatable bonds is 8. The molecule has 7 heteroatoms. The maximum absolute atomic E-state index is 12.1. The summed E-state index contributed by atoms with van der Waals surface area (Å²) in [5.41, 5.74) is 0.956. The lowest BCUT2D eigenvalue weighted by Crippen LogP contribution is -2.12. The van der Waals surface area contributed by atoms with E-state index in [1.807, 2.05) is 0 Å². The first-order chi connectivity index (χ1) is 11.5. The number of hydrogen-bond donors (Lipinski definition) is 2. The van der Waals surface area contributed by atoms with Gasteiger partial charge in [0, 0.05) is 12.3 Å². The van der Waals surface area contributed by atoms with Gasteiger partial charge in [-0.3, -0.25) is 4.99 Å². The summed E-state index contributed by atoms with van der Waals surface area (Å²) in [6.07, 6.45) is 1.18. The zero-order valence-electron chi connectivity index (χ0n) is 14.3.